The van der Waals surface area contributed by atoms with Crippen molar-refractivity contribution in [3.63, 3.8) is 0 Å². The maximum atomic E-state index is 14.1. The van der Waals surface area contributed by atoms with Gasteiger partial charge in [0.25, 0.3) is 0 Å². The van der Waals surface area contributed by atoms with Crippen LogP contribution in [0.4, 0.5) is 14.5 Å². The van der Waals surface area contributed by atoms with Gasteiger partial charge in [-0.1, -0.05) is 26.1 Å². The first-order valence-electron chi connectivity index (χ1n) is 6.04. The molecular weight excluding hydrogens is 284 g/mol. The van der Waals surface area contributed by atoms with Gasteiger partial charge in [-0.05, 0) is 18.1 Å². The highest BCUT2D eigenvalue weighted by molar-refractivity contribution is 7.80. The van der Waals surface area contributed by atoms with E-state index < -0.39 is 17.5 Å². The third-order valence-electron chi connectivity index (χ3n) is 2.55. The molecule has 0 spiro atoms. The number of anilines is 1. The van der Waals surface area contributed by atoms with E-state index in [1.54, 1.807) is 0 Å². The Balaban J connectivity index is 3.25. The highest BCUT2D eigenvalue weighted by Crippen LogP contribution is 2.25. The molecule has 1 aromatic carbocycles. The predicted octanol–water partition coefficient (Wildman–Crippen LogP) is 1.55. The molecule has 7 heteroatoms. The molecule has 0 aliphatic heterocycles. The number of halogens is 2. The summed E-state index contributed by atoms with van der Waals surface area (Å²) in [6.07, 6.45) is 0. The second-order valence-electron chi connectivity index (χ2n) is 4.89. The Labute approximate surface area is 121 Å². The Hall–Kier alpha value is -1.76. The lowest BCUT2D eigenvalue weighted by atomic mass is 10.1. The Morgan fingerprint density at radius 1 is 1.30 bits per heavy atom. The van der Waals surface area contributed by atoms with Crippen LogP contribution in [-0.4, -0.2) is 24.0 Å². The van der Waals surface area contributed by atoms with E-state index in [4.69, 9.17) is 11.5 Å². The summed E-state index contributed by atoms with van der Waals surface area (Å²) in [5, 5.41) is 0. The molecule has 4 N–H and O–H groups in total. The minimum absolute atomic E-state index is 0.0975. The molecule has 0 fully saturated rings. The van der Waals surface area contributed by atoms with Gasteiger partial charge in [0, 0.05) is 12.1 Å². The summed E-state index contributed by atoms with van der Waals surface area (Å²) in [6.45, 7) is 3.77. The van der Waals surface area contributed by atoms with E-state index in [0.29, 0.717) is 6.54 Å². The number of thiocarbonyl (C=S) groups is 1. The Morgan fingerprint density at radius 3 is 2.15 bits per heavy atom. The highest BCUT2D eigenvalue weighted by Gasteiger charge is 2.21. The first kappa shape index (κ1) is 16.3. The number of rotatable bonds is 6. The van der Waals surface area contributed by atoms with Crippen LogP contribution in [0.3, 0.4) is 0 Å². The van der Waals surface area contributed by atoms with Crippen molar-refractivity contribution < 1.29 is 13.6 Å². The molecule has 0 bridgehead atoms. The summed E-state index contributed by atoms with van der Waals surface area (Å²) in [5.74, 6) is -2.21. The van der Waals surface area contributed by atoms with Crippen molar-refractivity contribution in [1.29, 1.82) is 0 Å². The van der Waals surface area contributed by atoms with Crippen molar-refractivity contribution in [3.05, 3.63) is 29.3 Å². The van der Waals surface area contributed by atoms with E-state index in [2.05, 4.69) is 12.2 Å². The zero-order valence-electron chi connectivity index (χ0n) is 11.3. The Kier molecular flexibility index (Phi) is 5.38. The number of benzene rings is 1. The molecule has 0 aliphatic rings. The number of carbonyl (C=O) groups is 1. The van der Waals surface area contributed by atoms with Gasteiger partial charge in [0.1, 0.15) is 22.3 Å². The SMILES string of the molecule is CC(C)CN(CC(N)=O)c1c(F)cc(C(N)=S)cc1F. The Morgan fingerprint density at radius 2 is 1.80 bits per heavy atom. The first-order valence-corrected chi connectivity index (χ1v) is 6.45. The van der Waals surface area contributed by atoms with Crippen LogP contribution in [0.1, 0.15) is 19.4 Å². The summed E-state index contributed by atoms with van der Waals surface area (Å²) >= 11 is 4.69. The van der Waals surface area contributed by atoms with Crippen LogP contribution in [-0.2, 0) is 4.79 Å². The van der Waals surface area contributed by atoms with E-state index in [9.17, 15) is 13.6 Å². The Bertz CT molecular complexity index is 511. The molecule has 1 amide bonds. The standard InChI is InChI=1S/C13H17F2N3OS/c1-7(2)5-18(6-11(16)19)12-9(14)3-8(13(17)20)4-10(12)15/h3-4,7H,5-6H2,1-2H3,(H2,16,19)(H2,17,20). The summed E-state index contributed by atoms with van der Waals surface area (Å²) in [6, 6.07) is 2.10. The van der Waals surface area contributed by atoms with Crippen LogP contribution in [0, 0.1) is 17.6 Å². The fourth-order valence-corrected chi connectivity index (χ4v) is 1.99. The van der Waals surface area contributed by atoms with Crippen molar-refractivity contribution in [2.75, 3.05) is 18.0 Å². The first-order chi connectivity index (χ1) is 9.22. The molecule has 0 aromatic heterocycles. The molecule has 0 heterocycles. The molecule has 0 unspecified atom stereocenters. The van der Waals surface area contributed by atoms with E-state index >= 15 is 0 Å². The minimum atomic E-state index is -0.824. The zero-order chi connectivity index (χ0) is 15.4. The molecule has 0 saturated heterocycles. The lowest BCUT2D eigenvalue weighted by molar-refractivity contribution is -0.116. The van der Waals surface area contributed by atoms with Crippen LogP contribution < -0.4 is 16.4 Å². The van der Waals surface area contributed by atoms with Gasteiger partial charge in [-0.3, -0.25) is 4.79 Å². The lowest BCUT2D eigenvalue weighted by Gasteiger charge is -2.26. The number of carbonyl (C=O) groups excluding carboxylic acids is 1. The summed E-state index contributed by atoms with van der Waals surface area (Å²) < 4.78 is 28.1. The number of primary amides is 1. The average Bonchev–Trinajstić information content (AvgIpc) is 2.25. The fraction of sp³-hybridized carbons (Fsp3) is 0.385. The van der Waals surface area contributed by atoms with E-state index in [1.807, 2.05) is 13.8 Å². The van der Waals surface area contributed by atoms with Crippen molar-refractivity contribution in [3.8, 4) is 0 Å². The molecular formula is C13H17F2N3OS. The molecule has 1 rings (SSSR count). The van der Waals surface area contributed by atoms with Crippen molar-refractivity contribution in [2.24, 2.45) is 17.4 Å². The summed E-state index contributed by atoms with van der Waals surface area (Å²) in [7, 11) is 0. The van der Waals surface area contributed by atoms with Crippen LogP contribution in [0.5, 0.6) is 0 Å². The monoisotopic (exact) mass is 301 g/mol. The molecule has 110 valence electrons. The van der Waals surface area contributed by atoms with Crippen LogP contribution in [0.15, 0.2) is 12.1 Å². The quantitative estimate of drug-likeness (QED) is 0.782. The van der Waals surface area contributed by atoms with Crippen molar-refractivity contribution in [2.45, 2.75) is 13.8 Å². The van der Waals surface area contributed by atoms with Gasteiger partial charge in [-0.25, -0.2) is 8.78 Å². The van der Waals surface area contributed by atoms with Crippen LogP contribution >= 0.6 is 12.2 Å². The number of nitrogens with zero attached hydrogens (tertiary/aromatic N) is 1. The van der Waals surface area contributed by atoms with Crippen LogP contribution in [0.2, 0.25) is 0 Å². The molecule has 20 heavy (non-hydrogen) atoms. The molecule has 0 radical (unpaired) electrons. The van der Waals surface area contributed by atoms with E-state index in [-0.39, 0.29) is 28.7 Å². The average molecular weight is 301 g/mol. The van der Waals surface area contributed by atoms with Gasteiger partial charge in [0.05, 0.1) is 6.54 Å². The van der Waals surface area contributed by atoms with Gasteiger partial charge in [-0.15, -0.1) is 0 Å². The molecule has 4 nitrogen and oxygen atoms in total. The van der Waals surface area contributed by atoms with Crippen molar-refractivity contribution >= 4 is 28.8 Å². The number of hydrogen-bond donors (Lipinski definition) is 2. The second kappa shape index (κ2) is 6.60. The van der Waals surface area contributed by atoms with Gasteiger partial charge in [0.15, 0.2) is 0 Å². The number of hydrogen-bond acceptors (Lipinski definition) is 3. The molecule has 0 atom stereocenters. The van der Waals surface area contributed by atoms with Gasteiger partial charge in [-0.2, -0.15) is 0 Å². The summed E-state index contributed by atoms with van der Waals surface area (Å²) in [5.41, 5.74) is 10.3. The van der Waals surface area contributed by atoms with Gasteiger partial charge >= 0.3 is 0 Å². The van der Waals surface area contributed by atoms with E-state index in [0.717, 1.165) is 12.1 Å². The smallest absolute Gasteiger partial charge is 0.236 e. The summed E-state index contributed by atoms with van der Waals surface area (Å²) in [4.78, 5) is 12.2. The largest absolute Gasteiger partial charge is 0.389 e. The fourth-order valence-electron chi connectivity index (χ4n) is 1.87. The molecule has 1 aromatic rings. The topological polar surface area (TPSA) is 72.3 Å². The van der Waals surface area contributed by atoms with Crippen LogP contribution in [0.25, 0.3) is 0 Å². The number of nitrogens with two attached hydrogens (primary N) is 2. The minimum Gasteiger partial charge on any atom is -0.389 e. The zero-order valence-corrected chi connectivity index (χ0v) is 12.1. The van der Waals surface area contributed by atoms with Crippen molar-refractivity contribution in [1.82, 2.24) is 0 Å². The normalized spacial score (nSPS) is 10.7. The maximum Gasteiger partial charge on any atom is 0.236 e. The third-order valence-corrected chi connectivity index (χ3v) is 2.79. The maximum absolute atomic E-state index is 14.1. The lowest BCUT2D eigenvalue weighted by Crippen LogP contribution is -2.37. The highest BCUT2D eigenvalue weighted by atomic mass is 32.1. The third kappa shape index (κ3) is 4.12. The van der Waals surface area contributed by atoms with Gasteiger partial charge < -0.3 is 16.4 Å². The van der Waals surface area contributed by atoms with E-state index in [1.165, 1.54) is 4.90 Å². The number of amides is 1. The molecule has 0 aliphatic carbocycles. The second-order valence-corrected chi connectivity index (χ2v) is 5.33. The predicted molar refractivity (Wildman–Crippen MR) is 78.5 cm³/mol. The molecule has 0 saturated carbocycles. The van der Waals surface area contributed by atoms with Gasteiger partial charge in [0.2, 0.25) is 5.91 Å².